The fourth-order valence-corrected chi connectivity index (χ4v) is 0.997. The number of imidazole rings is 1. The highest BCUT2D eigenvalue weighted by atomic mass is 14.9. The predicted molar refractivity (Wildman–Crippen MR) is 88.2 cm³/mol. The molecule has 0 aliphatic carbocycles. The molecule has 0 aliphatic rings. The Labute approximate surface area is 116 Å². The van der Waals surface area contributed by atoms with Crippen LogP contribution in [0.4, 0.5) is 0 Å². The lowest BCUT2D eigenvalue weighted by atomic mass is 10.3. The topological polar surface area (TPSA) is 28.7 Å². The Kier molecular flexibility index (Phi) is 35.7. The van der Waals surface area contributed by atoms with Gasteiger partial charge in [0.05, 0.1) is 5.69 Å². The average molecular weight is 256 g/mol. The predicted octanol–water partition coefficient (Wildman–Crippen LogP) is 6.03. The van der Waals surface area contributed by atoms with E-state index < -0.39 is 0 Å². The zero-order chi connectivity index (χ0) is 15.6. The molecule has 1 heterocycles. The molecule has 18 heavy (non-hydrogen) atoms. The molecule has 0 unspecified atom stereocenters. The number of hydrogen-bond acceptors (Lipinski definition) is 1. The second-order valence-electron chi connectivity index (χ2n) is 2.24. The highest BCUT2D eigenvalue weighted by Gasteiger charge is 2.00. The van der Waals surface area contributed by atoms with E-state index in [2.05, 4.69) is 23.5 Å². The minimum absolute atomic E-state index is 0.965. The summed E-state index contributed by atoms with van der Waals surface area (Å²) in [5.74, 6) is 0.965. The lowest BCUT2D eigenvalue weighted by Crippen LogP contribution is -1.82. The van der Waals surface area contributed by atoms with Crippen molar-refractivity contribution in [1.29, 1.82) is 0 Å². The molecule has 0 aliphatic heterocycles. The van der Waals surface area contributed by atoms with E-state index in [1.807, 2.05) is 62.3 Å². The number of aryl methyl sites for hydroxylation is 2. The van der Waals surface area contributed by atoms with E-state index in [4.69, 9.17) is 0 Å². The van der Waals surface area contributed by atoms with Crippen molar-refractivity contribution in [2.75, 3.05) is 0 Å². The van der Waals surface area contributed by atoms with Gasteiger partial charge in [-0.1, -0.05) is 68.9 Å². The molecule has 1 rings (SSSR count). The molecule has 0 aromatic carbocycles. The summed E-state index contributed by atoms with van der Waals surface area (Å²) in [6.45, 7) is 23.7. The normalized spacial score (nSPS) is 6.78. The molecule has 0 atom stereocenters. The highest BCUT2D eigenvalue weighted by Crippen LogP contribution is 2.06. The van der Waals surface area contributed by atoms with Crippen molar-refractivity contribution in [2.45, 2.75) is 75.7 Å². The van der Waals surface area contributed by atoms with Crippen LogP contribution < -0.4 is 0 Å². The van der Waals surface area contributed by atoms with Gasteiger partial charge in [0.15, 0.2) is 0 Å². The molecule has 0 amide bonds. The van der Waals surface area contributed by atoms with Crippen LogP contribution in [0.3, 0.4) is 0 Å². The zero-order valence-electron chi connectivity index (χ0n) is 14.4. The molecule has 1 aromatic rings. The second-order valence-corrected chi connectivity index (χ2v) is 2.24. The van der Waals surface area contributed by atoms with Crippen LogP contribution in [0, 0.1) is 6.92 Å². The molecule has 0 radical (unpaired) electrons. The molecule has 0 saturated heterocycles. The first-order valence-corrected chi connectivity index (χ1v) is 7.45. The number of rotatable bonds is 2. The molecule has 2 heteroatoms. The minimum atomic E-state index is 0.965. The monoisotopic (exact) mass is 256 g/mol. The van der Waals surface area contributed by atoms with Crippen molar-refractivity contribution in [1.82, 2.24) is 9.97 Å². The number of hydrogen-bond donors (Lipinski definition) is 1. The highest BCUT2D eigenvalue weighted by molar-refractivity contribution is 5.45. The molecular weight excluding hydrogens is 220 g/mol. The van der Waals surface area contributed by atoms with Crippen LogP contribution in [0.5, 0.6) is 0 Å². The molecule has 110 valence electrons. The van der Waals surface area contributed by atoms with Crippen molar-refractivity contribution in [3.05, 3.63) is 23.8 Å². The van der Waals surface area contributed by atoms with Gasteiger partial charge in [0.2, 0.25) is 0 Å². The van der Waals surface area contributed by atoms with Crippen LogP contribution >= 0.6 is 0 Å². The Morgan fingerprint density at radius 3 is 1.61 bits per heavy atom. The number of aromatic nitrogens is 2. The van der Waals surface area contributed by atoms with Gasteiger partial charge >= 0.3 is 0 Å². The van der Waals surface area contributed by atoms with Crippen LogP contribution in [-0.2, 0) is 6.42 Å². The van der Waals surface area contributed by atoms with Gasteiger partial charge in [-0.15, -0.1) is 0 Å². The van der Waals surface area contributed by atoms with Crippen LogP contribution in [-0.4, -0.2) is 9.97 Å². The lowest BCUT2D eigenvalue weighted by molar-refractivity contribution is 1.04. The number of H-pyrrole nitrogens is 1. The molecule has 0 spiro atoms. The Morgan fingerprint density at radius 2 is 1.39 bits per heavy atom. The van der Waals surface area contributed by atoms with E-state index >= 15 is 0 Å². The fourth-order valence-electron chi connectivity index (χ4n) is 0.997. The van der Waals surface area contributed by atoms with Gasteiger partial charge in [-0.2, -0.15) is 0 Å². The first-order valence-electron chi connectivity index (χ1n) is 7.45. The third kappa shape index (κ3) is 13.0. The summed E-state index contributed by atoms with van der Waals surface area (Å²) >= 11 is 0. The van der Waals surface area contributed by atoms with E-state index in [1.165, 1.54) is 5.69 Å². The summed E-state index contributed by atoms with van der Waals surface area (Å²) in [4.78, 5) is 7.39. The second kappa shape index (κ2) is 25.0. The Morgan fingerprint density at radius 1 is 1.00 bits per heavy atom. The maximum Gasteiger partial charge on any atom is 0.103 e. The van der Waals surface area contributed by atoms with Gasteiger partial charge in [-0.25, -0.2) is 4.98 Å². The summed E-state index contributed by atoms with van der Waals surface area (Å²) in [6, 6.07) is 0. The minimum Gasteiger partial charge on any atom is -0.346 e. The number of nitrogens with zero attached hydrogens (tertiary/aromatic N) is 1. The lowest BCUT2D eigenvalue weighted by Gasteiger charge is -1.88. The van der Waals surface area contributed by atoms with E-state index in [9.17, 15) is 0 Å². The molecule has 0 bridgehead atoms. The molecule has 1 N–H and O–H groups in total. The maximum absolute atomic E-state index is 4.23. The van der Waals surface area contributed by atoms with Gasteiger partial charge < -0.3 is 4.98 Å². The third-order valence-corrected chi connectivity index (χ3v) is 1.48. The molecule has 1 aromatic heterocycles. The Bertz CT molecular complexity index is 237. The Hall–Kier alpha value is -1.05. The van der Waals surface area contributed by atoms with Gasteiger partial charge in [-0.3, -0.25) is 0 Å². The third-order valence-electron chi connectivity index (χ3n) is 1.48. The van der Waals surface area contributed by atoms with Gasteiger partial charge in [0.25, 0.3) is 0 Å². The Balaban J connectivity index is -0.000000105. The van der Waals surface area contributed by atoms with Gasteiger partial charge in [-0.05, 0) is 19.4 Å². The largest absolute Gasteiger partial charge is 0.346 e. The van der Waals surface area contributed by atoms with Crippen molar-refractivity contribution in [3.8, 4) is 0 Å². The van der Waals surface area contributed by atoms with E-state index in [0.717, 1.165) is 17.9 Å². The molecular formula is C16H36N2. The summed E-state index contributed by atoms with van der Waals surface area (Å²) < 4.78 is 0. The summed E-state index contributed by atoms with van der Waals surface area (Å²) in [7, 11) is 0. The van der Waals surface area contributed by atoms with E-state index in [0.29, 0.717) is 0 Å². The quantitative estimate of drug-likeness (QED) is 0.687. The summed E-state index contributed by atoms with van der Waals surface area (Å²) in [6.07, 6.45) is 2.77. The molecule has 0 saturated carbocycles. The van der Waals surface area contributed by atoms with Crippen molar-refractivity contribution in [2.24, 2.45) is 0 Å². The van der Waals surface area contributed by atoms with Crippen LogP contribution in [0.25, 0.3) is 6.08 Å². The average Bonchev–Trinajstić information content (AvgIpc) is 2.87. The first kappa shape index (κ1) is 25.7. The van der Waals surface area contributed by atoms with Gasteiger partial charge in [0, 0.05) is 5.69 Å². The summed E-state index contributed by atoms with van der Waals surface area (Å²) in [5, 5.41) is 0. The van der Waals surface area contributed by atoms with E-state index in [1.54, 1.807) is 6.08 Å². The standard InChI is InChI=1S/C8H12N2.4C2H6/c1-4-7-8(5-2)10-6(3)9-7;4*1-2/h4H,1,5H2,2-3H3,(H,9,10);4*1-2H3. The summed E-state index contributed by atoms with van der Waals surface area (Å²) in [5.41, 5.74) is 2.16. The van der Waals surface area contributed by atoms with Gasteiger partial charge in [0.1, 0.15) is 5.82 Å². The zero-order valence-corrected chi connectivity index (χ0v) is 14.4. The smallest absolute Gasteiger partial charge is 0.103 e. The van der Waals surface area contributed by atoms with E-state index in [-0.39, 0.29) is 0 Å². The fraction of sp³-hybridized carbons (Fsp3) is 0.688. The maximum atomic E-state index is 4.23. The van der Waals surface area contributed by atoms with Crippen molar-refractivity contribution in [3.63, 3.8) is 0 Å². The first-order chi connectivity index (χ1) is 8.77. The molecule has 2 nitrogen and oxygen atoms in total. The van der Waals surface area contributed by atoms with Crippen LogP contribution in [0.15, 0.2) is 6.58 Å². The van der Waals surface area contributed by atoms with Crippen molar-refractivity contribution >= 4 is 6.08 Å². The number of aromatic amines is 1. The van der Waals surface area contributed by atoms with Crippen LogP contribution in [0.1, 0.15) is 79.5 Å². The van der Waals surface area contributed by atoms with Crippen LogP contribution in [0.2, 0.25) is 0 Å². The SMILES string of the molecule is C=Cc1nc(C)[nH]c1CC.CC.CC.CC.CC. The number of nitrogens with one attached hydrogen (secondary N) is 1. The van der Waals surface area contributed by atoms with Crippen molar-refractivity contribution < 1.29 is 0 Å². The molecule has 0 fully saturated rings.